The number of nitriles is 1. The third kappa shape index (κ3) is 3.64. The van der Waals surface area contributed by atoms with Crippen LogP contribution in [0.25, 0.3) is 0 Å². The number of hydrogen-bond donors (Lipinski definition) is 0. The van der Waals surface area contributed by atoms with E-state index in [0.717, 1.165) is 28.8 Å². The molecule has 2 aliphatic heterocycles. The first kappa shape index (κ1) is 18.6. The van der Waals surface area contributed by atoms with Gasteiger partial charge in [-0.25, -0.2) is 0 Å². The first-order valence-electron chi connectivity index (χ1n) is 9.17. The number of allylic oxidation sites excluding steroid dienone is 1. The lowest BCUT2D eigenvalue weighted by atomic mass is 9.86. The van der Waals surface area contributed by atoms with E-state index in [1.165, 1.54) is 5.56 Å². The summed E-state index contributed by atoms with van der Waals surface area (Å²) >= 11 is 1.58. The third-order valence-corrected chi connectivity index (χ3v) is 6.32. The van der Waals surface area contributed by atoms with Gasteiger partial charge >= 0.3 is 0 Å². The van der Waals surface area contributed by atoms with Crippen LogP contribution in [0.4, 0.5) is 0 Å². The predicted molar refractivity (Wildman–Crippen MR) is 109 cm³/mol. The number of thioether (sulfide) groups is 1. The van der Waals surface area contributed by atoms with Gasteiger partial charge < -0.3 is 4.74 Å². The van der Waals surface area contributed by atoms with E-state index in [9.17, 15) is 10.1 Å². The smallest absolute Gasteiger partial charge is 0.229 e. The average Bonchev–Trinajstić information content (AvgIpc) is 2.75. The summed E-state index contributed by atoms with van der Waals surface area (Å²) in [5.41, 5.74) is 2.89. The van der Waals surface area contributed by atoms with Crippen LogP contribution in [-0.2, 0) is 11.3 Å². The molecule has 1 unspecified atom stereocenters. The molecule has 2 aliphatic rings. The zero-order valence-electron chi connectivity index (χ0n) is 15.7. The zero-order chi connectivity index (χ0) is 19.5. The van der Waals surface area contributed by atoms with Crippen LogP contribution in [0.1, 0.15) is 23.5 Å². The number of carbonyl (C=O) groups is 1. The van der Waals surface area contributed by atoms with E-state index in [1.807, 2.05) is 42.5 Å². The Kier molecular flexibility index (Phi) is 5.38. The maximum Gasteiger partial charge on any atom is 0.229 e. The number of carbonyl (C=O) groups excluding carboxylic acids is 1. The Bertz CT molecular complexity index is 935. The minimum absolute atomic E-state index is 0.0695. The molecule has 142 valence electrons. The Labute approximate surface area is 169 Å². The summed E-state index contributed by atoms with van der Waals surface area (Å²) in [6.45, 7) is 1.31. The Morgan fingerprint density at radius 1 is 1.18 bits per heavy atom. The molecule has 0 spiro atoms. The number of hydrogen-bond acceptors (Lipinski definition) is 5. The molecule has 6 heteroatoms. The lowest BCUT2D eigenvalue weighted by molar-refractivity contribution is -0.131. The fourth-order valence-corrected chi connectivity index (χ4v) is 4.81. The molecule has 1 saturated heterocycles. The maximum absolute atomic E-state index is 12.9. The molecular formula is C22H21N3O2S. The largest absolute Gasteiger partial charge is 0.497 e. The minimum Gasteiger partial charge on any atom is -0.497 e. The van der Waals surface area contributed by atoms with Gasteiger partial charge in [0.05, 0.1) is 36.3 Å². The van der Waals surface area contributed by atoms with E-state index < -0.39 is 0 Å². The summed E-state index contributed by atoms with van der Waals surface area (Å²) in [6.07, 6.45) is 0.318. The van der Waals surface area contributed by atoms with Crippen molar-refractivity contribution in [2.24, 2.45) is 0 Å². The van der Waals surface area contributed by atoms with Gasteiger partial charge in [0.15, 0.2) is 0 Å². The Morgan fingerprint density at radius 2 is 1.93 bits per heavy atom. The summed E-state index contributed by atoms with van der Waals surface area (Å²) in [5, 5.41) is 10.7. The quantitative estimate of drug-likeness (QED) is 0.791. The average molecular weight is 391 g/mol. The molecule has 0 aliphatic carbocycles. The number of nitrogens with zero attached hydrogens (tertiary/aromatic N) is 3. The van der Waals surface area contributed by atoms with Crippen molar-refractivity contribution in [2.75, 3.05) is 19.7 Å². The molecule has 5 nitrogen and oxygen atoms in total. The second kappa shape index (κ2) is 8.09. The van der Waals surface area contributed by atoms with Crippen LogP contribution >= 0.6 is 11.8 Å². The van der Waals surface area contributed by atoms with Gasteiger partial charge in [-0.1, -0.05) is 54.2 Å². The van der Waals surface area contributed by atoms with E-state index in [-0.39, 0.29) is 11.8 Å². The topological polar surface area (TPSA) is 56.6 Å². The highest BCUT2D eigenvalue weighted by Gasteiger charge is 2.38. The molecule has 0 N–H and O–H groups in total. The molecule has 0 aromatic heterocycles. The van der Waals surface area contributed by atoms with Crippen LogP contribution in [0.2, 0.25) is 0 Å². The molecular weight excluding hydrogens is 370 g/mol. The van der Waals surface area contributed by atoms with Crippen LogP contribution < -0.4 is 4.74 Å². The number of benzene rings is 2. The van der Waals surface area contributed by atoms with Crippen LogP contribution in [0.15, 0.2) is 65.2 Å². The first-order chi connectivity index (χ1) is 13.7. The van der Waals surface area contributed by atoms with Crippen LogP contribution in [0.5, 0.6) is 5.75 Å². The molecule has 28 heavy (non-hydrogen) atoms. The molecule has 1 amide bonds. The van der Waals surface area contributed by atoms with Gasteiger partial charge in [0, 0.05) is 18.9 Å². The van der Waals surface area contributed by atoms with E-state index in [0.29, 0.717) is 18.7 Å². The standard InChI is InChI=1S/C22H21N3O2S/c1-27-18-9-7-17(8-10-18)19-11-21(26)25-14-24(13-16-5-3-2-4-6-16)15-28-22(25)20(19)12-23/h2-10,19H,11,13-15H2,1H3. The van der Waals surface area contributed by atoms with Crippen LogP contribution in [-0.4, -0.2) is 35.4 Å². The molecule has 2 aromatic rings. The van der Waals surface area contributed by atoms with Crippen molar-refractivity contribution in [3.05, 3.63) is 76.3 Å². The summed E-state index contributed by atoms with van der Waals surface area (Å²) < 4.78 is 5.22. The molecule has 2 heterocycles. The van der Waals surface area contributed by atoms with Crippen molar-refractivity contribution in [2.45, 2.75) is 18.9 Å². The molecule has 0 saturated carbocycles. The van der Waals surface area contributed by atoms with E-state index in [2.05, 4.69) is 23.1 Å². The second-order valence-corrected chi connectivity index (χ2v) is 7.85. The van der Waals surface area contributed by atoms with Crippen molar-refractivity contribution in [3.8, 4) is 11.8 Å². The third-order valence-electron chi connectivity index (χ3n) is 5.12. The SMILES string of the molecule is COc1ccc(C2CC(=O)N3CN(Cc4ccccc4)CSC3=C2C#N)cc1. The number of methoxy groups -OCH3 is 1. The molecule has 2 aromatic carbocycles. The van der Waals surface area contributed by atoms with E-state index in [1.54, 1.807) is 23.8 Å². The lowest BCUT2D eigenvalue weighted by Gasteiger charge is -2.41. The van der Waals surface area contributed by atoms with Gasteiger partial charge in [-0.2, -0.15) is 5.26 Å². The van der Waals surface area contributed by atoms with Crippen molar-refractivity contribution >= 4 is 17.7 Å². The Balaban J connectivity index is 1.58. The molecule has 0 radical (unpaired) electrons. The lowest BCUT2D eigenvalue weighted by Crippen LogP contribution is -2.46. The highest BCUT2D eigenvalue weighted by molar-refractivity contribution is 8.03. The Hall–Kier alpha value is -2.75. The summed E-state index contributed by atoms with van der Waals surface area (Å²) in [6, 6.07) is 20.3. The monoisotopic (exact) mass is 391 g/mol. The van der Waals surface area contributed by atoms with Crippen LogP contribution in [0, 0.1) is 11.3 Å². The van der Waals surface area contributed by atoms with E-state index in [4.69, 9.17) is 4.74 Å². The minimum atomic E-state index is -0.192. The van der Waals surface area contributed by atoms with Crippen LogP contribution in [0.3, 0.4) is 0 Å². The first-order valence-corrected chi connectivity index (χ1v) is 10.2. The Morgan fingerprint density at radius 3 is 2.61 bits per heavy atom. The van der Waals surface area contributed by atoms with Gasteiger partial charge in [0.25, 0.3) is 0 Å². The van der Waals surface area contributed by atoms with Crippen molar-refractivity contribution in [1.82, 2.24) is 9.80 Å². The number of rotatable bonds is 4. The van der Waals surface area contributed by atoms with Crippen molar-refractivity contribution in [1.29, 1.82) is 5.26 Å². The van der Waals surface area contributed by atoms with Crippen molar-refractivity contribution < 1.29 is 9.53 Å². The molecule has 1 fully saturated rings. The summed E-state index contributed by atoms with van der Waals surface area (Å²) in [4.78, 5) is 16.9. The highest BCUT2D eigenvalue weighted by atomic mass is 32.2. The van der Waals surface area contributed by atoms with Gasteiger partial charge in [0.1, 0.15) is 5.75 Å². The van der Waals surface area contributed by atoms with Gasteiger partial charge in [0.2, 0.25) is 5.91 Å². The zero-order valence-corrected chi connectivity index (χ0v) is 16.5. The fraction of sp³-hybridized carbons (Fsp3) is 0.273. The van der Waals surface area contributed by atoms with Crippen molar-refractivity contribution in [3.63, 3.8) is 0 Å². The number of amides is 1. The maximum atomic E-state index is 12.9. The molecule has 4 rings (SSSR count). The number of fused-ring (bicyclic) bond motifs is 1. The fourth-order valence-electron chi connectivity index (χ4n) is 3.67. The second-order valence-electron chi connectivity index (χ2n) is 6.91. The van der Waals surface area contributed by atoms with Gasteiger partial charge in [-0.05, 0) is 23.3 Å². The molecule has 0 bridgehead atoms. The highest BCUT2D eigenvalue weighted by Crippen LogP contribution is 2.42. The number of ether oxygens (including phenoxy) is 1. The van der Waals surface area contributed by atoms with Gasteiger partial charge in [-0.3, -0.25) is 14.6 Å². The normalized spacial score (nSPS) is 19.9. The van der Waals surface area contributed by atoms with Gasteiger partial charge in [-0.15, -0.1) is 0 Å². The molecule has 1 atom stereocenters. The predicted octanol–water partition coefficient (Wildman–Crippen LogP) is 3.91. The van der Waals surface area contributed by atoms with E-state index >= 15 is 0 Å². The summed E-state index contributed by atoms with van der Waals surface area (Å²) in [7, 11) is 1.62. The summed E-state index contributed by atoms with van der Waals surface area (Å²) in [5.74, 6) is 1.40.